The fourth-order valence-corrected chi connectivity index (χ4v) is 3.95. The number of hydrogen-bond acceptors (Lipinski definition) is 5. The molecule has 6 heteroatoms. The van der Waals surface area contributed by atoms with Crippen molar-refractivity contribution >= 4 is 28.8 Å². The van der Waals surface area contributed by atoms with E-state index in [4.69, 9.17) is 0 Å². The molecule has 2 aromatic heterocycles. The molecule has 1 atom stereocenters. The standard InChI is InChI=1S/C21H16N2O3S/c24-19(14-6-2-1-3-7-14)17-18(15-8-4-10-22-12-15)23(21(26)20(17)25)13-16-9-5-11-27-16/h1-12,18,24H,13H2/b19-17-. The van der Waals surface area contributed by atoms with Crippen LogP contribution in [0.15, 0.2) is 77.9 Å². The van der Waals surface area contributed by atoms with E-state index >= 15 is 0 Å². The Hall–Kier alpha value is -3.25. The zero-order chi connectivity index (χ0) is 18.8. The van der Waals surface area contributed by atoms with Gasteiger partial charge in [0.1, 0.15) is 5.76 Å². The van der Waals surface area contributed by atoms with Gasteiger partial charge in [0.15, 0.2) is 0 Å². The number of ketones is 1. The number of pyridine rings is 1. The average molecular weight is 376 g/mol. The third-order valence-corrected chi connectivity index (χ3v) is 5.35. The molecule has 3 heterocycles. The van der Waals surface area contributed by atoms with Crippen LogP contribution in [-0.4, -0.2) is 26.7 Å². The first kappa shape index (κ1) is 17.2. The van der Waals surface area contributed by atoms with Crippen molar-refractivity contribution in [2.45, 2.75) is 12.6 Å². The number of rotatable bonds is 4. The minimum atomic E-state index is -0.680. The van der Waals surface area contributed by atoms with Crippen LogP contribution in [0.3, 0.4) is 0 Å². The molecular weight excluding hydrogens is 360 g/mol. The van der Waals surface area contributed by atoms with Crippen molar-refractivity contribution in [2.24, 2.45) is 0 Å². The fraction of sp³-hybridized carbons (Fsp3) is 0.0952. The van der Waals surface area contributed by atoms with Gasteiger partial charge in [0, 0.05) is 22.8 Å². The first-order valence-electron chi connectivity index (χ1n) is 8.43. The van der Waals surface area contributed by atoms with Gasteiger partial charge in [-0.05, 0) is 23.1 Å². The number of aliphatic hydroxyl groups excluding tert-OH is 1. The first-order valence-corrected chi connectivity index (χ1v) is 9.31. The third-order valence-electron chi connectivity index (χ3n) is 4.49. The normalized spacial score (nSPS) is 18.8. The lowest BCUT2D eigenvalue weighted by Crippen LogP contribution is -2.28. The molecule has 1 saturated heterocycles. The molecule has 1 amide bonds. The summed E-state index contributed by atoms with van der Waals surface area (Å²) >= 11 is 1.52. The van der Waals surface area contributed by atoms with E-state index in [1.54, 1.807) is 42.7 Å². The average Bonchev–Trinajstić information content (AvgIpc) is 3.31. The number of carbonyl (C=O) groups excluding carboxylic acids is 2. The van der Waals surface area contributed by atoms with Crippen LogP contribution in [0.2, 0.25) is 0 Å². The van der Waals surface area contributed by atoms with Crippen LogP contribution in [-0.2, 0) is 16.1 Å². The van der Waals surface area contributed by atoms with Gasteiger partial charge in [-0.2, -0.15) is 0 Å². The van der Waals surface area contributed by atoms with Gasteiger partial charge >= 0.3 is 0 Å². The van der Waals surface area contributed by atoms with Crippen molar-refractivity contribution in [2.75, 3.05) is 0 Å². The summed E-state index contributed by atoms with van der Waals surface area (Å²) in [6.45, 7) is 0.299. The van der Waals surface area contributed by atoms with Gasteiger partial charge in [0.05, 0.1) is 18.2 Å². The largest absolute Gasteiger partial charge is 0.507 e. The minimum absolute atomic E-state index is 0.0933. The number of thiophene rings is 1. The highest BCUT2D eigenvalue weighted by atomic mass is 32.1. The molecule has 0 aliphatic carbocycles. The number of benzene rings is 1. The van der Waals surface area contributed by atoms with Crippen molar-refractivity contribution in [1.82, 2.24) is 9.88 Å². The molecule has 4 rings (SSSR count). The van der Waals surface area contributed by atoms with Crippen LogP contribution in [0.5, 0.6) is 0 Å². The lowest BCUT2D eigenvalue weighted by molar-refractivity contribution is -0.140. The van der Waals surface area contributed by atoms with E-state index in [2.05, 4.69) is 4.98 Å². The highest BCUT2D eigenvalue weighted by molar-refractivity contribution is 7.09. The summed E-state index contributed by atoms with van der Waals surface area (Å²) in [5.74, 6) is -1.46. The number of likely N-dealkylation sites (tertiary alicyclic amines) is 1. The second kappa shape index (κ2) is 7.17. The topological polar surface area (TPSA) is 70.5 Å². The lowest BCUT2D eigenvalue weighted by atomic mass is 9.96. The van der Waals surface area contributed by atoms with Crippen molar-refractivity contribution in [3.05, 3.63) is 93.9 Å². The maximum Gasteiger partial charge on any atom is 0.295 e. The zero-order valence-corrected chi connectivity index (χ0v) is 15.1. The summed E-state index contributed by atoms with van der Waals surface area (Å²) < 4.78 is 0. The second-order valence-electron chi connectivity index (χ2n) is 6.16. The molecule has 134 valence electrons. The molecule has 1 fully saturated rings. The predicted octanol–water partition coefficient (Wildman–Crippen LogP) is 3.77. The van der Waals surface area contributed by atoms with Crippen molar-refractivity contribution in [3.8, 4) is 0 Å². The van der Waals surface area contributed by atoms with E-state index in [0.717, 1.165) is 4.88 Å². The van der Waals surface area contributed by atoms with E-state index in [-0.39, 0.29) is 11.3 Å². The van der Waals surface area contributed by atoms with E-state index in [1.165, 1.54) is 16.2 Å². The number of aliphatic hydroxyl groups is 1. The number of hydrogen-bond donors (Lipinski definition) is 1. The number of amides is 1. The summed E-state index contributed by atoms with van der Waals surface area (Å²) in [6, 6.07) is 15.5. The summed E-state index contributed by atoms with van der Waals surface area (Å²) in [4.78, 5) is 32.2. The number of Topliss-reactive ketones (excluding diaryl/α,β-unsaturated/α-hetero) is 1. The maximum absolute atomic E-state index is 12.8. The van der Waals surface area contributed by atoms with Crippen molar-refractivity contribution in [1.29, 1.82) is 0 Å². The molecule has 1 unspecified atom stereocenters. The monoisotopic (exact) mass is 376 g/mol. The zero-order valence-electron chi connectivity index (χ0n) is 14.3. The summed E-state index contributed by atoms with van der Waals surface area (Å²) in [7, 11) is 0. The summed E-state index contributed by atoms with van der Waals surface area (Å²) in [5.41, 5.74) is 1.28. The van der Waals surface area contributed by atoms with Crippen LogP contribution >= 0.6 is 11.3 Å². The molecule has 27 heavy (non-hydrogen) atoms. The molecule has 5 nitrogen and oxygen atoms in total. The first-order chi connectivity index (χ1) is 13.2. The SMILES string of the molecule is O=C1C(=O)N(Cc2cccs2)C(c2cccnc2)/C1=C(/O)c1ccccc1. The summed E-state index contributed by atoms with van der Waals surface area (Å²) in [5, 5.41) is 12.8. The van der Waals surface area contributed by atoms with Gasteiger partial charge in [-0.15, -0.1) is 11.3 Å². The number of carbonyl (C=O) groups is 2. The Morgan fingerprint density at radius 2 is 1.89 bits per heavy atom. The van der Waals surface area contributed by atoms with Crippen LogP contribution in [0.4, 0.5) is 0 Å². The Morgan fingerprint density at radius 3 is 2.56 bits per heavy atom. The van der Waals surface area contributed by atoms with Gasteiger partial charge in [-0.1, -0.05) is 42.5 Å². The van der Waals surface area contributed by atoms with E-state index in [1.807, 2.05) is 29.6 Å². The van der Waals surface area contributed by atoms with Crippen LogP contribution in [0.25, 0.3) is 5.76 Å². The molecule has 0 saturated carbocycles. The Kier molecular flexibility index (Phi) is 4.56. The molecule has 1 N–H and O–H groups in total. The Bertz CT molecular complexity index is 998. The molecular formula is C21H16N2O3S. The van der Waals surface area contributed by atoms with Gasteiger partial charge in [-0.25, -0.2) is 0 Å². The molecule has 1 aliphatic heterocycles. The van der Waals surface area contributed by atoms with Crippen molar-refractivity contribution < 1.29 is 14.7 Å². The Labute approximate surface area is 160 Å². The van der Waals surface area contributed by atoms with Crippen LogP contribution in [0, 0.1) is 0 Å². The molecule has 0 bridgehead atoms. The van der Waals surface area contributed by atoms with E-state index < -0.39 is 17.7 Å². The quantitative estimate of drug-likeness (QED) is 0.428. The van der Waals surface area contributed by atoms with Gasteiger partial charge in [0.25, 0.3) is 11.7 Å². The molecule has 1 aromatic carbocycles. The number of nitrogens with zero attached hydrogens (tertiary/aromatic N) is 2. The predicted molar refractivity (Wildman–Crippen MR) is 103 cm³/mol. The third kappa shape index (κ3) is 3.15. The second-order valence-corrected chi connectivity index (χ2v) is 7.19. The van der Waals surface area contributed by atoms with Crippen molar-refractivity contribution in [3.63, 3.8) is 0 Å². The van der Waals surface area contributed by atoms with Gasteiger partial charge < -0.3 is 10.0 Å². The molecule has 1 aliphatic rings. The molecule has 3 aromatic rings. The van der Waals surface area contributed by atoms with E-state index in [9.17, 15) is 14.7 Å². The Balaban J connectivity index is 1.86. The Morgan fingerprint density at radius 1 is 1.07 bits per heavy atom. The lowest BCUT2D eigenvalue weighted by Gasteiger charge is -2.24. The highest BCUT2D eigenvalue weighted by Gasteiger charge is 2.46. The summed E-state index contributed by atoms with van der Waals surface area (Å²) in [6.07, 6.45) is 3.25. The van der Waals surface area contributed by atoms with Gasteiger partial charge in [-0.3, -0.25) is 14.6 Å². The van der Waals surface area contributed by atoms with E-state index in [0.29, 0.717) is 17.7 Å². The minimum Gasteiger partial charge on any atom is -0.507 e. The van der Waals surface area contributed by atoms with Gasteiger partial charge in [0.2, 0.25) is 0 Å². The molecule has 0 spiro atoms. The smallest absolute Gasteiger partial charge is 0.295 e. The maximum atomic E-state index is 12.8. The molecule has 0 radical (unpaired) electrons. The van der Waals surface area contributed by atoms with Crippen LogP contribution in [0.1, 0.15) is 22.0 Å². The number of aromatic nitrogens is 1. The highest BCUT2D eigenvalue weighted by Crippen LogP contribution is 2.40. The fourth-order valence-electron chi connectivity index (χ4n) is 3.25. The van der Waals surface area contributed by atoms with Crippen LogP contribution < -0.4 is 0 Å².